The average Bonchev–Trinajstić information content (AvgIpc) is 3.09. The Balaban J connectivity index is 0.00000392. The van der Waals surface area contributed by atoms with Crippen LogP contribution in [0.1, 0.15) is 51.6 Å². The summed E-state index contributed by atoms with van der Waals surface area (Å²) in [5.74, 6) is 1.87. The van der Waals surface area contributed by atoms with Crippen molar-refractivity contribution in [2.24, 2.45) is 4.99 Å². The molecule has 0 aliphatic rings. The van der Waals surface area contributed by atoms with Crippen LogP contribution in [0.25, 0.3) is 0 Å². The Morgan fingerprint density at radius 1 is 1.11 bits per heavy atom. The molecule has 1 aromatic heterocycles. The minimum Gasteiger partial charge on any atom is -0.357 e. The van der Waals surface area contributed by atoms with Gasteiger partial charge in [-0.2, -0.15) is 0 Å². The van der Waals surface area contributed by atoms with E-state index in [-0.39, 0.29) is 29.4 Å². The molecule has 0 bridgehead atoms. The molecule has 0 aliphatic heterocycles. The largest absolute Gasteiger partial charge is 0.357 e. The van der Waals surface area contributed by atoms with Crippen molar-refractivity contribution in [3.63, 3.8) is 0 Å². The van der Waals surface area contributed by atoms with Crippen molar-refractivity contribution < 1.29 is 0 Å². The molecule has 0 atom stereocenters. The van der Waals surface area contributed by atoms with E-state index >= 15 is 0 Å². The second kappa shape index (κ2) is 12.0. The molecule has 2 rings (SSSR count). The van der Waals surface area contributed by atoms with Crippen molar-refractivity contribution in [3.8, 4) is 0 Å². The van der Waals surface area contributed by atoms with Gasteiger partial charge in [-0.1, -0.05) is 52.0 Å². The summed E-state index contributed by atoms with van der Waals surface area (Å²) in [6.45, 7) is 14.1. The summed E-state index contributed by atoms with van der Waals surface area (Å²) in [4.78, 5) is 4.70. The van der Waals surface area contributed by atoms with E-state index in [0.717, 1.165) is 50.8 Å². The molecule has 2 aromatic rings. The third-order valence-electron chi connectivity index (χ3n) is 4.49. The summed E-state index contributed by atoms with van der Waals surface area (Å²) >= 11 is 0. The Kier molecular flexibility index (Phi) is 10.5. The molecule has 0 radical (unpaired) electrons. The zero-order valence-electron chi connectivity index (χ0n) is 17.8. The van der Waals surface area contributed by atoms with E-state index in [0.29, 0.717) is 0 Å². The van der Waals surface area contributed by atoms with E-state index in [1.54, 1.807) is 6.33 Å². The summed E-state index contributed by atoms with van der Waals surface area (Å²) < 4.78 is 2.08. The second-order valence-corrected chi connectivity index (χ2v) is 7.68. The van der Waals surface area contributed by atoms with Crippen LogP contribution in [0.5, 0.6) is 0 Å². The lowest BCUT2D eigenvalue weighted by Crippen LogP contribution is -2.39. The highest BCUT2D eigenvalue weighted by atomic mass is 127. The maximum Gasteiger partial charge on any atom is 0.191 e. The van der Waals surface area contributed by atoms with E-state index < -0.39 is 0 Å². The minimum atomic E-state index is 0. The predicted molar refractivity (Wildman–Crippen MR) is 128 cm³/mol. The maximum atomic E-state index is 4.70. The van der Waals surface area contributed by atoms with Crippen LogP contribution in [0, 0.1) is 0 Å². The van der Waals surface area contributed by atoms with Gasteiger partial charge in [0.15, 0.2) is 5.96 Å². The molecule has 0 saturated carbocycles. The standard InChI is InChI=1S/C21H34N6.HI/c1-6-19-26-25-16-27(19)15-14-24-20(22-7-2)23-13-12-17-8-10-18(11-9-17)21(3,4)5;/h8-11,16H,6-7,12-15H2,1-5H3,(H2,22,23,24);1H. The van der Waals surface area contributed by atoms with Gasteiger partial charge in [0.1, 0.15) is 12.2 Å². The molecule has 1 aromatic carbocycles. The molecular weight excluding hydrogens is 463 g/mol. The lowest BCUT2D eigenvalue weighted by atomic mass is 9.86. The molecule has 0 unspecified atom stereocenters. The number of rotatable bonds is 8. The second-order valence-electron chi connectivity index (χ2n) is 7.68. The molecule has 0 amide bonds. The fraction of sp³-hybridized carbons (Fsp3) is 0.571. The average molecular weight is 498 g/mol. The third kappa shape index (κ3) is 7.77. The topological polar surface area (TPSA) is 67.1 Å². The molecule has 6 nitrogen and oxygen atoms in total. The van der Waals surface area contributed by atoms with Crippen molar-refractivity contribution in [3.05, 3.63) is 47.5 Å². The van der Waals surface area contributed by atoms with Crippen LogP contribution in [0.3, 0.4) is 0 Å². The van der Waals surface area contributed by atoms with E-state index in [1.165, 1.54) is 11.1 Å². The lowest BCUT2D eigenvalue weighted by molar-refractivity contribution is 0.590. The molecular formula is C21H35IN6. The van der Waals surface area contributed by atoms with Crippen LogP contribution in [-0.4, -0.2) is 40.4 Å². The number of aryl methyl sites for hydroxylation is 1. The van der Waals surface area contributed by atoms with Gasteiger partial charge in [0.2, 0.25) is 0 Å². The number of aliphatic imine (C=N–C) groups is 1. The first kappa shape index (κ1) is 24.4. The summed E-state index contributed by atoms with van der Waals surface area (Å²) in [6.07, 6.45) is 3.61. The van der Waals surface area contributed by atoms with Gasteiger partial charge in [-0.05, 0) is 29.9 Å². The molecule has 0 spiro atoms. The number of benzene rings is 1. The highest BCUT2D eigenvalue weighted by Gasteiger charge is 2.12. The Morgan fingerprint density at radius 2 is 1.82 bits per heavy atom. The first-order valence-electron chi connectivity index (χ1n) is 9.92. The molecule has 0 aliphatic carbocycles. The highest BCUT2D eigenvalue weighted by molar-refractivity contribution is 14.0. The van der Waals surface area contributed by atoms with E-state index in [9.17, 15) is 0 Å². The summed E-state index contributed by atoms with van der Waals surface area (Å²) in [5, 5.41) is 14.8. The van der Waals surface area contributed by atoms with Crippen LogP contribution in [0.4, 0.5) is 0 Å². The van der Waals surface area contributed by atoms with Gasteiger partial charge in [-0.25, -0.2) is 0 Å². The number of hydrogen-bond acceptors (Lipinski definition) is 3. The van der Waals surface area contributed by atoms with Crippen LogP contribution in [0.2, 0.25) is 0 Å². The van der Waals surface area contributed by atoms with E-state index in [4.69, 9.17) is 4.99 Å². The Morgan fingerprint density at radius 3 is 2.43 bits per heavy atom. The summed E-state index contributed by atoms with van der Waals surface area (Å²) in [5.41, 5.74) is 2.88. The summed E-state index contributed by atoms with van der Waals surface area (Å²) in [6, 6.07) is 8.89. The van der Waals surface area contributed by atoms with Crippen LogP contribution >= 0.6 is 24.0 Å². The normalized spacial score (nSPS) is 11.8. The van der Waals surface area contributed by atoms with Crippen molar-refractivity contribution in [1.29, 1.82) is 0 Å². The predicted octanol–water partition coefficient (Wildman–Crippen LogP) is 3.55. The van der Waals surface area contributed by atoms with Crippen molar-refractivity contribution in [2.75, 3.05) is 19.6 Å². The Bertz CT molecular complexity index is 715. The molecule has 7 heteroatoms. The molecule has 28 heavy (non-hydrogen) atoms. The number of guanidine groups is 1. The fourth-order valence-corrected chi connectivity index (χ4v) is 2.84. The van der Waals surface area contributed by atoms with Crippen LogP contribution in [0.15, 0.2) is 35.6 Å². The minimum absolute atomic E-state index is 0. The maximum absolute atomic E-state index is 4.70. The zero-order valence-corrected chi connectivity index (χ0v) is 20.2. The van der Waals surface area contributed by atoms with Gasteiger partial charge in [0, 0.05) is 32.6 Å². The van der Waals surface area contributed by atoms with Crippen molar-refractivity contribution in [2.45, 2.75) is 59.4 Å². The van der Waals surface area contributed by atoms with E-state index in [2.05, 4.69) is 84.3 Å². The number of aromatic nitrogens is 3. The number of nitrogens with zero attached hydrogens (tertiary/aromatic N) is 4. The molecule has 2 N–H and O–H groups in total. The fourth-order valence-electron chi connectivity index (χ4n) is 2.84. The molecule has 0 saturated heterocycles. The number of hydrogen-bond donors (Lipinski definition) is 2. The number of halogens is 1. The quantitative estimate of drug-likeness (QED) is 0.332. The van der Waals surface area contributed by atoms with Crippen LogP contribution < -0.4 is 10.6 Å². The van der Waals surface area contributed by atoms with Crippen molar-refractivity contribution >= 4 is 29.9 Å². The van der Waals surface area contributed by atoms with Crippen molar-refractivity contribution in [1.82, 2.24) is 25.4 Å². The first-order valence-corrected chi connectivity index (χ1v) is 9.92. The SMILES string of the molecule is CCNC(=NCCc1ccc(C(C)(C)C)cc1)NCCn1cnnc1CC.I. The van der Waals surface area contributed by atoms with Crippen LogP contribution in [-0.2, 0) is 24.8 Å². The molecule has 0 fully saturated rings. The van der Waals surface area contributed by atoms with E-state index in [1.807, 2.05) is 0 Å². The first-order chi connectivity index (χ1) is 12.9. The summed E-state index contributed by atoms with van der Waals surface area (Å²) in [7, 11) is 0. The molecule has 1 heterocycles. The van der Waals surface area contributed by atoms with Gasteiger partial charge in [-0.3, -0.25) is 4.99 Å². The van der Waals surface area contributed by atoms with Gasteiger partial charge >= 0.3 is 0 Å². The monoisotopic (exact) mass is 498 g/mol. The van der Waals surface area contributed by atoms with Gasteiger partial charge in [0.05, 0.1) is 0 Å². The third-order valence-corrected chi connectivity index (χ3v) is 4.49. The van der Waals surface area contributed by atoms with Gasteiger partial charge in [0.25, 0.3) is 0 Å². The smallest absolute Gasteiger partial charge is 0.191 e. The highest BCUT2D eigenvalue weighted by Crippen LogP contribution is 2.22. The number of nitrogens with one attached hydrogen (secondary N) is 2. The molecule has 156 valence electrons. The Hall–Kier alpha value is -1.64. The van der Waals surface area contributed by atoms with Gasteiger partial charge in [-0.15, -0.1) is 34.2 Å². The zero-order chi connectivity index (χ0) is 19.7. The van der Waals surface area contributed by atoms with Gasteiger partial charge < -0.3 is 15.2 Å². The lowest BCUT2D eigenvalue weighted by Gasteiger charge is -2.19. The Labute approximate surface area is 186 Å².